The minimum Gasteiger partial charge on any atom is -0.361 e. The average Bonchev–Trinajstić information content (AvgIpc) is 3.32. The Morgan fingerprint density at radius 1 is 1.16 bits per heavy atom. The molecule has 2 aromatic heterocycles. The molecular weight excluding hydrogens is 406 g/mol. The number of aromatic amines is 1. The van der Waals surface area contributed by atoms with Crippen LogP contribution in [0.15, 0.2) is 54.7 Å². The van der Waals surface area contributed by atoms with Crippen LogP contribution in [0.3, 0.4) is 0 Å². The Kier molecular flexibility index (Phi) is 6.04. The zero-order chi connectivity index (χ0) is 22.0. The van der Waals surface area contributed by atoms with Crippen molar-refractivity contribution in [3.63, 3.8) is 0 Å². The molecule has 0 saturated carbocycles. The van der Waals surface area contributed by atoms with Crippen LogP contribution in [0.25, 0.3) is 0 Å². The van der Waals surface area contributed by atoms with Gasteiger partial charge in [0.1, 0.15) is 0 Å². The topological polar surface area (TPSA) is 73.1 Å². The van der Waals surface area contributed by atoms with E-state index in [0.717, 1.165) is 33.9 Å². The quantitative estimate of drug-likeness (QED) is 0.505. The largest absolute Gasteiger partial charge is 0.361 e. The maximum Gasteiger partial charge on any atom is 0.226 e. The second kappa shape index (κ2) is 8.89. The minimum absolute atomic E-state index is 0.0285. The molecule has 2 atom stereocenters. The number of carbonyl (C=O) groups excluding carboxylic acids is 1. The molecule has 1 aromatic carbocycles. The van der Waals surface area contributed by atoms with E-state index in [0.29, 0.717) is 18.1 Å². The first kappa shape index (κ1) is 21.1. The van der Waals surface area contributed by atoms with Gasteiger partial charge < -0.3 is 20.5 Å². The summed E-state index contributed by atoms with van der Waals surface area (Å²) in [5.74, 6) is -0.0285. The van der Waals surface area contributed by atoms with Gasteiger partial charge in [-0.3, -0.25) is 9.78 Å². The van der Waals surface area contributed by atoms with Crippen LogP contribution in [0.2, 0.25) is 0 Å². The van der Waals surface area contributed by atoms with Crippen LogP contribution in [0, 0.1) is 20.8 Å². The molecule has 0 radical (unpaired) electrons. The third kappa shape index (κ3) is 4.61. The molecule has 1 aliphatic heterocycles. The van der Waals surface area contributed by atoms with Gasteiger partial charge in [0.2, 0.25) is 5.91 Å². The molecule has 0 unspecified atom stereocenters. The summed E-state index contributed by atoms with van der Waals surface area (Å²) in [4.78, 5) is 22.8. The van der Waals surface area contributed by atoms with Crippen molar-refractivity contribution < 1.29 is 4.79 Å². The van der Waals surface area contributed by atoms with Crippen LogP contribution in [0.4, 0.5) is 5.69 Å². The molecule has 6 nitrogen and oxygen atoms in total. The van der Waals surface area contributed by atoms with Gasteiger partial charge in [-0.25, -0.2) is 0 Å². The van der Waals surface area contributed by atoms with E-state index in [9.17, 15) is 4.79 Å². The van der Waals surface area contributed by atoms with Crippen LogP contribution in [0.1, 0.15) is 46.7 Å². The van der Waals surface area contributed by atoms with Crippen LogP contribution < -0.4 is 10.6 Å². The number of anilines is 1. The van der Waals surface area contributed by atoms with E-state index in [4.69, 9.17) is 12.2 Å². The Morgan fingerprint density at radius 3 is 2.71 bits per heavy atom. The number of benzene rings is 1. The first-order valence-corrected chi connectivity index (χ1v) is 10.8. The number of amides is 1. The Labute approximate surface area is 188 Å². The maximum absolute atomic E-state index is 12.7. The Morgan fingerprint density at radius 2 is 2.00 bits per heavy atom. The van der Waals surface area contributed by atoms with Gasteiger partial charge >= 0.3 is 0 Å². The summed E-state index contributed by atoms with van der Waals surface area (Å²) >= 11 is 5.66. The summed E-state index contributed by atoms with van der Waals surface area (Å²) in [5.41, 5.74) is 6.08. The number of hydrogen-bond acceptors (Lipinski definition) is 3. The van der Waals surface area contributed by atoms with Crippen LogP contribution in [0.5, 0.6) is 0 Å². The lowest BCUT2D eigenvalue weighted by molar-refractivity contribution is -0.116. The molecular formula is C24H27N5OS. The number of pyridine rings is 1. The molecule has 7 heteroatoms. The molecule has 3 aromatic rings. The molecule has 3 N–H and O–H groups in total. The molecule has 0 bridgehead atoms. The second-order valence-corrected chi connectivity index (χ2v) is 8.42. The number of aryl methyl sites for hydroxylation is 3. The number of carbonyl (C=O) groups is 1. The number of nitrogens with zero attached hydrogens (tertiary/aromatic N) is 2. The smallest absolute Gasteiger partial charge is 0.226 e. The highest BCUT2D eigenvalue weighted by molar-refractivity contribution is 7.80. The SMILES string of the molecule is Cc1ccc(C)c(NC(=O)CCN2C(=S)N[C@@H](c3ccccn3)[C@@H]2c2ccc(C)[nH]2)c1. The number of H-pyrrole nitrogens is 1. The Bertz CT molecular complexity index is 1090. The van der Waals surface area contributed by atoms with Gasteiger partial charge in [-0.2, -0.15) is 0 Å². The predicted octanol–water partition coefficient (Wildman–Crippen LogP) is 4.34. The summed E-state index contributed by atoms with van der Waals surface area (Å²) in [5, 5.41) is 7.09. The van der Waals surface area contributed by atoms with Crippen molar-refractivity contribution >= 4 is 28.9 Å². The number of hydrogen-bond donors (Lipinski definition) is 3. The molecule has 4 rings (SSSR count). The van der Waals surface area contributed by atoms with E-state index in [1.165, 1.54) is 0 Å². The number of aromatic nitrogens is 2. The third-order valence-electron chi connectivity index (χ3n) is 5.62. The molecule has 0 aliphatic carbocycles. The molecule has 1 fully saturated rings. The first-order valence-electron chi connectivity index (χ1n) is 10.4. The standard InChI is InChI=1S/C24H27N5OS/c1-15-7-8-16(2)20(14-15)27-21(30)11-13-29-23(19-10-9-17(3)26-19)22(28-24(29)31)18-6-4-5-12-25-18/h4-10,12,14,22-23,26H,11,13H2,1-3H3,(H,27,30)(H,28,31)/t22-,23-/m0/s1. The maximum atomic E-state index is 12.7. The van der Waals surface area contributed by atoms with Crippen molar-refractivity contribution in [2.45, 2.75) is 39.3 Å². The van der Waals surface area contributed by atoms with E-state index in [1.807, 2.05) is 57.2 Å². The first-order chi connectivity index (χ1) is 14.9. The lowest BCUT2D eigenvalue weighted by Crippen LogP contribution is -2.32. The van der Waals surface area contributed by atoms with E-state index in [-0.39, 0.29) is 18.0 Å². The Balaban J connectivity index is 1.52. The lowest BCUT2D eigenvalue weighted by Gasteiger charge is -2.27. The fourth-order valence-electron chi connectivity index (χ4n) is 3.99. The normalized spacial score (nSPS) is 18.2. The van der Waals surface area contributed by atoms with E-state index < -0.39 is 0 Å². The summed E-state index contributed by atoms with van der Waals surface area (Å²) < 4.78 is 0. The van der Waals surface area contributed by atoms with Crippen molar-refractivity contribution in [1.29, 1.82) is 0 Å². The average molecular weight is 434 g/mol. The summed E-state index contributed by atoms with van der Waals surface area (Å²) in [6.07, 6.45) is 2.12. The van der Waals surface area contributed by atoms with Gasteiger partial charge in [0.25, 0.3) is 0 Å². The minimum atomic E-state index is -0.0890. The van der Waals surface area contributed by atoms with Crippen molar-refractivity contribution in [3.05, 3.63) is 82.9 Å². The van der Waals surface area contributed by atoms with Gasteiger partial charge in [-0.15, -0.1) is 0 Å². The Hall–Kier alpha value is -3.19. The van der Waals surface area contributed by atoms with Crippen molar-refractivity contribution in [1.82, 2.24) is 20.2 Å². The molecule has 1 aliphatic rings. The summed E-state index contributed by atoms with van der Waals surface area (Å²) in [6, 6.07) is 15.9. The van der Waals surface area contributed by atoms with Crippen LogP contribution in [-0.4, -0.2) is 32.4 Å². The molecule has 1 amide bonds. The van der Waals surface area contributed by atoms with Gasteiger partial charge in [-0.05, 0) is 74.4 Å². The fourth-order valence-corrected chi connectivity index (χ4v) is 4.32. The molecule has 1 saturated heterocycles. The second-order valence-electron chi connectivity index (χ2n) is 8.03. The van der Waals surface area contributed by atoms with Crippen LogP contribution in [-0.2, 0) is 4.79 Å². The highest BCUT2D eigenvalue weighted by atomic mass is 32.1. The van der Waals surface area contributed by atoms with Gasteiger partial charge in [0, 0.05) is 36.2 Å². The third-order valence-corrected chi connectivity index (χ3v) is 5.97. The number of nitrogens with one attached hydrogen (secondary N) is 3. The van der Waals surface area contributed by atoms with E-state index in [1.54, 1.807) is 6.20 Å². The van der Waals surface area contributed by atoms with Gasteiger partial charge in [-0.1, -0.05) is 18.2 Å². The van der Waals surface area contributed by atoms with Gasteiger partial charge in [0.05, 0.1) is 17.8 Å². The lowest BCUT2D eigenvalue weighted by atomic mass is 10.0. The molecule has 160 valence electrons. The molecule has 3 heterocycles. The van der Waals surface area contributed by atoms with Crippen molar-refractivity contribution in [2.24, 2.45) is 0 Å². The highest BCUT2D eigenvalue weighted by Crippen LogP contribution is 2.38. The van der Waals surface area contributed by atoms with E-state index >= 15 is 0 Å². The number of thiocarbonyl (C=S) groups is 1. The molecule has 31 heavy (non-hydrogen) atoms. The summed E-state index contributed by atoms with van der Waals surface area (Å²) in [6.45, 7) is 6.55. The monoisotopic (exact) mass is 433 g/mol. The fraction of sp³-hybridized carbons (Fsp3) is 0.292. The molecule has 0 spiro atoms. The zero-order valence-corrected chi connectivity index (χ0v) is 18.8. The number of rotatable bonds is 6. The summed E-state index contributed by atoms with van der Waals surface area (Å²) in [7, 11) is 0. The highest BCUT2D eigenvalue weighted by Gasteiger charge is 2.40. The predicted molar refractivity (Wildman–Crippen MR) is 127 cm³/mol. The van der Waals surface area contributed by atoms with Crippen molar-refractivity contribution in [2.75, 3.05) is 11.9 Å². The van der Waals surface area contributed by atoms with Crippen LogP contribution >= 0.6 is 12.2 Å². The van der Waals surface area contributed by atoms with Crippen molar-refractivity contribution in [3.8, 4) is 0 Å². The van der Waals surface area contributed by atoms with E-state index in [2.05, 4.69) is 37.6 Å². The zero-order valence-electron chi connectivity index (χ0n) is 18.0. The van der Waals surface area contributed by atoms with Gasteiger partial charge in [0.15, 0.2) is 5.11 Å².